The highest BCUT2D eigenvalue weighted by molar-refractivity contribution is 5.95. The second-order valence-corrected chi connectivity index (χ2v) is 6.71. The zero-order valence-electron chi connectivity index (χ0n) is 14.8. The van der Waals surface area contributed by atoms with Crippen LogP contribution in [0.4, 0.5) is 11.5 Å². The van der Waals surface area contributed by atoms with Crippen LogP contribution in [0.1, 0.15) is 16.8 Å². The highest BCUT2D eigenvalue weighted by Crippen LogP contribution is 2.35. The lowest BCUT2D eigenvalue weighted by Gasteiger charge is -2.32. The van der Waals surface area contributed by atoms with E-state index >= 15 is 0 Å². The predicted octanol–water partition coefficient (Wildman–Crippen LogP) is 0.804. The van der Waals surface area contributed by atoms with E-state index in [0.29, 0.717) is 35.9 Å². The molecule has 9 nitrogen and oxygen atoms in total. The molecule has 27 heavy (non-hydrogen) atoms. The van der Waals surface area contributed by atoms with Crippen LogP contribution in [-0.2, 0) is 7.05 Å². The maximum Gasteiger partial charge on any atom is 0.350 e. The summed E-state index contributed by atoms with van der Waals surface area (Å²) in [5.41, 5.74) is 1.79. The van der Waals surface area contributed by atoms with E-state index in [4.69, 9.17) is 4.74 Å². The van der Waals surface area contributed by atoms with Crippen molar-refractivity contribution in [2.75, 3.05) is 31.1 Å². The molecule has 3 aromatic rings. The van der Waals surface area contributed by atoms with Crippen LogP contribution in [-0.4, -0.2) is 56.2 Å². The summed E-state index contributed by atoms with van der Waals surface area (Å²) < 4.78 is 8.56. The van der Waals surface area contributed by atoms with Crippen molar-refractivity contribution in [3.8, 4) is 5.75 Å². The van der Waals surface area contributed by atoms with Crippen molar-refractivity contribution >= 4 is 23.1 Å². The van der Waals surface area contributed by atoms with Crippen molar-refractivity contribution in [1.29, 1.82) is 0 Å². The van der Waals surface area contributed by atoms with E-state index in [1.807, 2.05) is 17.0 Å². The third kappa shape index (κ3) is 2.46. The quantitative estimate of drug-likeness (QED) is 0.667. The molecule has 3 aromatic heterocycles. The first-order valence-corrected chi connectivity index (χ1v) is 8.87. The molecule has 0 aromatic carbocycles. The van der Waals surface area contributed by atoms with Gasteiger partial charge in [-0.3, -0.25) is 9.20 Å². The molecule has 0 spiro atoms. The standard InChI is InChI=1S/C18H18N6O3/c1-21-18(26)24-6-3-13(10-15(24)20-21)23-7-8-27-14-9-12(11-19-16(14)23)17(25)22-4-2-5-22/h3,6,9-11H,2,4-5,7-8H2,1H3. The number of ether oxygens (including phenoxy) is 1. The van der Waals surface area contributed by atoms with E-state index in [9.17, 15) is 9.59 Å². The molecule has 0 N–H and O–H groups in total. The Kier molecular flexibility index (Phi) is 3.43. The number of amides is 1. The van der Waals surface area contributed by atoms with Gasteiger partial charge in [-0.1, -0.05) is 0 Å². The van der Waals surface area contributed by atoms with E-state index in [2.05, 4.69) is 10.1 Å². The fourth-order valence-corrected chi connectivity index (χ4v) is 3.41. The van der Waals surface area contributed by atoms with Gasteiger partial charge in [-0.05, 0) is 18.6 Å². The Morgan fingerprint density at radius 2 is 2.07 bits per heavy atom. The van der Waals surface area contributed by atoms with E-state index in [1.165, 1.54) is 9.08 Å². The normalized spacial score (nSPS) is 16.0. The van der Waals surface area contributed by atoms with Gasteiger partial charge in [0.1, 0.15) is 6.61 Å². The van der Waals surface area contributed by atoms with Crippen LogP contribution in [0.3, 0.4) is 0 Å². The number of pyridine rings is 2. The number of carbonyl (C=O) groups is 1. The summed E-state index contributed by atoms with van der Waals surface area (Å²) in [4.78, 5) is 32.7. The number of nitrogens with zero attached hydrogens (tertiary/aromatic N) is 6. The Morgan fingerprint density at radius 3 is 2.85 bits per heavy atom. The van der Waals surface area contributed by atoms with Crippen molar-refractivity contribution in [2.24, 2.45) is 7.05 Å². The highest BCUT2D eigenvalue weighted by atomic mass is 16.5. The molecule has 1 fully saturated rings. The molecule has 0 atom stereocenters. The molecule has 1 amide bonds. The zero-order chi connectivity index (χ0) is 18.5. The number of rotatable bonds is 2. The van der Waals surface area contributed by atoms with Gasteiger partial charge in [-0.2, -0.15) is 5.10 Å². The van der Waals surface area contributed by atoms with Gasteiger partial charge in [-0.25, -0.2) is 14.5 Å². The number of hydrogen-bond donors (Lipinski definition) is 0. The number of carbonyl (C=O) groups excluding carboxylic acids is 1. The van der Waals surface area contributed by atoms with Crippen molar-refractivity contribution in [3.63, 3.8) is 0 Å². The topological polar surface area (TPSA) is 85.0 Å². The second-order valence-electron chi connectivity index (χ2n) is 6.71. The number of fused-ring (bicyclic) bond motifs is 2. The Morgan fingerprint density at radius 1 is 1.22 bits per heavy atom. The first kappa shape index (κ1) is 15.9. The van der Waals surface area contributed by atoms with Crippen LogP contribution in [0.25, 0.3) is 5.65 Å². The van der Waals surface area contributed by atoms with Gasteiger partial charge >= 0.3 is 5.69 Å². The van der Waals surface area contributed by atoms with E-state index in [1.54, 1.807) is 30.4 Å². The monoisotopic (exact) mass is 366 g/mol. The van der Waals surface area contributed by atoms with Crippen LogP contribution in [0.2, 0.25) is 0 Å². The van der Waals surface area contributed by atoms with Crippen molar-refractivity contribution in [2.45, 2.75) is 6.42 Å². The van der Waals surface area contributed by atoms with Crippen LogP contribution in [0, 0.1) is 0 Å². The number of hydrogen-bond acceptors (Lipinski definition) is 6. The molecular weight excluding hydrogens is 348 g/mol. The molecule has 2 aliphatic rings. The second kappa shape index (κ2) is 5.83. The predicted molar refractivity (Wildman–Crippen MR) is 97.7 cm³/mol. The molecule has 2 aliphatic heterocycles. The molecule has 9 heteroatoms. The summed E-state index contributed by atoms with van der Waals surface area (Å²) in [7, 11) is 1.62. The molecule has 1 saturated heterocycles. The summed E-state index contributed by atoms with van der Waals surface area (Å²) >= 11 is 0. The summed E-state index contributed by atoms with van der Waals surface area (Å²) in [5, 5.41) is 4.24. The minimum absolute atomic E-state index is 0.00782. The smallest absolute Gasteiger partial charge is 0.350 e. The molecular formula is C18H18N6O3. The number of likely N-dealkylation sites (tertiary alicyclic amines) is 1. The molecule has 0 aliphatic carbocycles. The maximum atomic E-state index is 12.4. The van der Waals surface area contributed by atoms with Crippen LogP contribution in [0.15, 0.2) is 35.4 Å². The van der Waals surface area contributed by atoms with Crippen molar-refractivity contribution < 1.29 is 9.53 Å². The fraction of sp³-hybridized carbons (Fsp3) is 0.333. The van der Waals surface area contributed by atoms with E-state index in [0.717, 1.165) is 25.2 Å². The van der Waals surface area contributed by atoms with Crippen LogP contribution >= 0.6 is 0 Å². The highest BCUT2D eigenvalue weighted by Gasteiger charge is 2.26. The van der Waals surface area contributed by atoms with Gasteiger partial charge in [0, 0.05) is 44.3 Å². The molecule has 0 bridgehead atoms. The van der Waals surface area contributed by atoms with Gasteiger partial charge in [0.05, 0.1) is 12.1 Å². The Labute approximate surface area is 154 Å². The van der Waals surface area contributed by atoms with Gasteiger partial charge in [0.25, 0.3) is 5.91 Å². The number of aryl methyl sites for hydroxylation is 1. The maximum absolute atomic E-state index is 12.4. The van der Waals surface area contributed by atoms with Crippen molar-refractivity contribution in [1.82, 2.24) is 24.1 Å². The van der Waals surface area contributed by atoms with Crippen LogP contribution in [0.5, 0.6) is 5.75 Å². The van der Waals surface area contributed by atoms with Gasteiger partial charge in [0.15, 0.2) is 17.2 Å². The third-order valence-corrected chi connectivity index (χ3v) is 5.02. The Hall–Kier alpha value is -3.36. The molecule has 5 heterocycles. The summed E-state index contributed by atoms with van der Waals surface area (Å²) in [5.74, 6) is 1.24. The lowest BCUT2D eigenvalue weighted by Crippen LogP contribution is -2.42. The molecule has 138 valence electrons. The molecule has 0 saturated carbocycles. The Balaban J connectivity index is 1.52. The first-order chi connectivity index (χ1) is 13.1. The largest absolute Gasteiger partial charge is 0.488 e. The SMILES string of the molecule is Cn1nc2cc(N3CCOc4cc(C(=O)N5CCC5)cnc43)ccn2c1=O. The molecule has 5 rings (SSSR count). The summed E-state index contributed by atoms with van der Waals surface area (Å²) in [6.45, 7) is 2.70. The van der Waals surface area contributed by atoms with E-state index < -0.39 is 0 Å². The number of aromatic nitrogens is 4. The lowest BCUT2D eigenvalue weighted by atomic mass is 10.1. The minimum atomic E-state index is -0.189. The minimum Gasteiger partial charge on any atom is -0.488 e. The fourth-order valence-electron chi connectivity index (χ4n) is 3.41. The average molecular weight is 366 g/mol. The molecule has 0 unspecified atom stereocenters. The lowest BCUT2D eigenvalue weighted by molar-refractivity contribution is 0.0651. The van der Waals surface area contributed by atoms with Gasteiger partial charge in [0.2, 0.25) is 0 Å². The molecule has 0 radical (unpaired) electrons. The Bertz CT molecular complexity index is 1110. The summed E-state index contributed by atoms with van der Waals surface area (Å²) in [6.07, 6.45) is 4.36. The van der Waals surface area contributed by atoms with Crippen molar-refractivity contribution in [3.05, 3.63) is 46.6 Å². The van der Waals surface area contributed by atoms with Gasteiger partial charge < -0.3 is 14.5 Å². The van der Waals surface area contributed by atoms with E-state index in [-0.39, 0.29) is 11.6 Å². The first-order valence-electron chi connectivity index (χ1n) is 8.87. The third-order valence-electron chi connectivity index (χ3n) is 5.02. The van der Waals surface area contributed by atoms with Crippen LogP contribution < -0.4 is 15.3 Å². The van der Waals surface area contributed by atoms with Gasteiger partial charge in [-0.15, -0.1) is 0 Å². The zero-order valence-corrected chi connectivity index (χ0v) is 14.8. The summed E-state index contributed by atoms with van der Waals surface area (Å²) in [6, 6.07) is 5.46. The average Bonchev–Trinajstić information content (AvgIpc) is 2.92. The number of anilines is 2.